The molecular weight excluding hydrogens is 362 g/mol. The molecule has 0 fully saturated rings. The Morgan fingerprint density at radius 1 is 1.00 bits per heavy atom. The minimum Gasteiger partial charge on any atom is -0.336 e. The summed E-state index contributed by atoms with van der Waals surface area (Å²) in [6.45, 7) is 6.64. The Balaban J connectivity index is 2.00. The molecule has 0 saturated heterocycles. The van der Waals surface area contributed by atoms with Crippen molar-refractivity contribution >= 4 is 27.4 Å². The number of nitrogens with zero attached hydrogens (tertiary/aromatic N) is 1. The lowest BCUT2D eigenvalue weighted by atomic mass is 9.87. The first-order valence-electron chi connectivity index (χ1n) is 8.75. The van der Waals surface area contributed by atoms with Gasteiger partial charge in [-0.25, -0.2) is 13.2 Å². The molecule has 0 bridgehead atoms. The normalized spacial score (nSPS) is 11.7. The van der Waals surface area contributed by atoms with Crippen LogP contribution in [-0.2, 0) is 15.4 Å². The second-order valence-corrected chi connectivity index (χ2v) is 9.29. The number of anilines is 2. The van der Waals surface area contributed by atoms with Crippen molar-refractivity contribution in [3.63, 3.8) is 0 Å². The van der Waals surface area contributed by atoms with Gasteiger partial charge in [0, 0.05) is 12.2 Å². The number of hydrogen-bond donors (Lipinski definition) is 2. The van der Waals surface area contributed by atoms with Gasteiger partial charge in [0.2, 0.25) is 10.0 Å². The van der Waals surface area contributed by atoms with E-state index in [1.807, 2.05) is 30.3 Å². The number of hydrogen-bond acceptors (Lipinski definition) is 3. The lowest BCUT2D eigenvalue weighted by Crippen LogP contribution is -2.39. The quantitative estimate of drug-likeness (QED) is 0.793. The van der Waals surface area contributed by atoms with E-state index in [-0.39, 0.29) is 24.5 Å². The van der Waals surface area contributed by atoms with Crippen molar-refractivity contribution in [2.75, 3.05) is 29.0 Å². The van der Waals surface area contributed by atoms with E-state index in [2.05, 4.69) is 31.4 Å². The molecule has 0 heterocycles. The highest BCUT2D eigenvalue weighted by molar-refractivity contribution is 7.92. The molecule has 0 aromatic heterocycles. The predicted molar refractivity (Wildman–Crippen MR) is 111 cm³/mol. The van der Waals surface area contributed by atoms with Gasteiger partial charge < -0.3 is 10.6 Å². The third kappa shape index (κ3) is 6.29. The summed E-state index contributed by atoms with van der Waals surface area (Å²) < 4.78 is 25.6. The summed E-state index contributed by atoms with van der Waals surface area (Å²) in [4.78, 5) is 11.9. The molecule has 7 heteroatoms. The first-order valence-corrected chi connectivity index (χ1v) is 10.6. The van der Waals surface area contributed by atoms with E-state index in [1.54, 1.807) is 24.3 Å². The average Bonchev–Trinajstić information content (AvgIpc) is 2.58. The van der Waals surface area contributed by atoms with Gasteiger partial charge in [0.15, 0.2) is 0 Å². The molecule has 2 rings (SSSR count). The van der Waals surface area contributed by atoms with Crippen LogP contribution in [0, 0.1) is 0 Å². The van der Waals surface area contributed by atoms with Crippen LogP contribution in [0.1, 0.15) is 26.3 Å². The third-order valence-corrected chi connectivity index (χ3v) is 5.25. The maximum atomic E-state index is 12.2. The molecule has 2 aromatic carbocycles. The molecule has 0 aliphatic carbocycles. The molecule has 0 aliphatic rings. The summed E-state index contributed by atoms with van der Waals surface area (Å²) >= 11 is 0. The Bertz CT molecular complexity index is 858. The number of para-hydroxylation sites is 1. The Labute approximate surface area is 161 Å². The summed E-state index contributed by atoms with van der Waals surface area (Å²) in [5.41, 5.74) is 2.37. The number of carbonyl (C=O) groups excluding carboxylic acids is 1. The van der Waals surface area contributed by atoms with Crippen molar-refractivity contribution in [1.82, 2.24) is 5.32 Å². The zero-order chi connectivity index (χ0) is 20.1. The fraction of sp³-hybridized carbons (Fsp3) is 0.350. The van der Waals surface area contributed by atoms with Gasteiger partial charge in [-0.15, -0.1) is 0 Å². The molecule has 146 valence electrons. The lowest BCUT2D eigenvalue weighted by molar-refractivity contribution is 0.252. The van der Waals surface area contributed by atoms with E-state index in [0.29, 0.717) is 11.4 Å². The van der Waals surface area contributed by atoms with Gasteiger partial charge in [0.05, 0.1) is 18.5 Å². The van der Waals surface area contributed by atoms with Gasteiger partial charge in [-0.05, 0) is 35.2 Å². The van der Waals surface area contributed by atoms with Crippen LogP contribution in [0.5, 0.6) is 0 Å². The maximum Gasteiger partial charge on any atom is 0.319 e. The van der Waals surface area contributed by atoms with Gasteiger partial charge in [0.25, 0.3) is 0 Å². The van der Waals surface area contributed by atoms with E-state index >= 15 is 0 Å². The standard InChI is InChI=1S/C20H27N3O3S/c1-20(2,3)16-10-12-18(13-11-16)23(27(4,25)26)15-14-21-19(24)22-17-8-6-5-7-9-17/h5-13H,14-15H2,1-4H3,(H2,21,22,24). The molecule has 2 amide bonds. The highest BCUT2D eigenvalue weighted by Gasteiger charge is 2.19. The van der Waals surface area contributed by atoms with Gasteiger partial charge in [0.1, 0.15) is 0 Å². The number of urea groups is 1. The number of carbonyl (C=O) groups is 1. The van der Waals surface area contributed by atoms with E-state index in [0.717, 1.165) is 11.8 Å². The molecule has 0 aliphatic heterocycles. The Morgan fingerprint density at radius 2 is 1.59 bits per heavy atom. The van der Waals surface area contributed by atoms with Gasteiger partial charge in [-0.3, -0.25) is 4.31 Å². The van der Waals surface area contributed by atoms with Gasteiger partial charge >= 0.3 is 6.03 Å². The van der Waals surface area contributed by atoms with Crippen molar-refractivity contribution in [3.8, 4) is 0 Å². The molecule has 0 unspecified atom stereocenters. The van der Waals surface area contributed by atoms with Crippen molar-refractivity contribution in [2.24, 2.45) is 0 Å². The molecule has 0 radical (unpaired) electrons. The first kappa shape index (κ1) is 20.8. The second-order valence-electron chi connectivity index (χ2n) is 7.38. The molecule has 0 saturated carbocycles. The SMILES string of the molecule is CC(C)(C)c1ccc(N(CCNC(=O)Nc2ccccc2)S(C)(=O)=O)cc1. The van der Waals surface area contributed by atoms with Crippen LogP contribution < -0.4 is 14.9 Å². The summed E-state index contributed by atoms with van der Waals surface area (Å²) in [6, 6.07) is 16.1. The highest BCUT2D eigenvalue weighted by Crippen LogP contribution is 2.25. The number of sulfonamides is 1. The van der Waals surface area contributed by atoms with Crippen LogP contribution in [0.2, 0.25) is 0 Å². The van der Waals surface area contributed by atoms with Gasteiger partial charge in [-0.2, -0.15) is 0 Å². The molecule has 6 nitrogen and oxygen atoms in total. The van der Waals surface area contributed by atoms with Crippen LogP contribution in [0.15, 0.2) is 54.6 Å². The van der Waals surface area contributed by atoms with Crippen molar-refractivity contribution in [1.29, 1.82) is 0 Å². The average molecular weight is 390 g/mol. The minimum atomic E-state index is -3.46. The Kier molecular flexibility index (Phi) is 6.49. The monoisotopic (exact) mass is 389 g/mol. The topological polar surface area (TPSA) is 78.5 Å². The van der Waals surface area contributed by atoms with Crippen LogP contribution >= 0.6 is 0 Å². The Hall–Kier alpha value is -2.54. The highest BCUT2D eigenvalue weighted by atomic mass is 32.2. The molecule has 0 atom stereocenters. The van der Waals surface area contributed by atoms with Crippen LogP contribution in [-0.4, -0.2) is 33.8 Å². The number of rotatable bonds is 6. The van der Waals surface area contributed by atoms with E-state index in [4.69, 9.17) is 0 Å². The summed E-state index contributed by atoms with van der Waals surface area (Å²) in [6.07, 6.45) is 1.16. The van der Waals surface area contributed by atoms with E-state index in [9.17, 15) is 13.2 Å². The largest absolute Gasteiger partial charge is 0.336 e. The third-order valence-electron chi connectivity index (χ3n) is 4.05. The van der Waals surface area contributed by atoms with Crippen molar-refractivity contribution < 1.29 is 13.2 Å². The first-order chi connectivity index (χ1) is 12.6. The number of nitrogens with one attached hydrogen (secondary N) is 2. The maximum absolute atomic E-state index is 12.2. The lowest BCUT2D eigenvalue weighted by Gasteiger charge is -2.24. The summed E-state index contributed by atoms with van der Waals surface area (Å²) in [7, 11) is -3.46. The van der Waals surface area contributed by atoms with Crippen molar-refractivity contribution in [3.05, 3.63) is 60.2 Å². The summed E-state index contributed by atoms with van der Waals surface area (Å²) in [5, 5.41) is 5.38. The molecule has 2 aromatic rings. The Morgan fingerprint density at radius 3 is 2.11 bits per heavy atom. The zero-order valence-corrected chi connectivity index (χ0v) is 17.0. The molecule has 0 spiro atoms. The van der Waals surface area contributed by atoms with Gasteiger partial charge in [-0.1, -0.05) is 51.1 Å². The zero-order valence-electron chi connectivity index (χ0n) is 16.2. The number of benzene rings is 2. The van der Waals surface area contributed by atoms with Crippen LogP contribution in [0.25, 0.3) is 0 Å². The molecule has 27 heavy (non-hydrogen) atoms. The number of amides is 2. The molecular formula is C20H27N3O3S. The summed E-state index contributed by atoms with van der Waals surface area (Å²) in [5.74, 6) is 0. The van der Waals surface area contributed by atoms with Crippen molar-refractivity contribution in [2.45, 2.75) is 26.2 Å². The fourth-order valence-electron chi connectivity index (χ4n) is 2.58. The smallest absolute Gasteiger partial charge is 0.319 e. The van der Waals surface area contributed by atoms with Crippen LogP contribution in [0.3, 0.4) is 0 Å². The van der Waals surface area contributed by atoms with E-state index < -0.39 is 10.0 Å². The van der Waals surface area contributed by atoms with Crippen LogP contribution in [0.4, 0.5) is 16.2 Å². The molecule has 2 N–H and O–H groups in total. The van der Waals surface area contributed by atoms with E-state index in [1.165, 1.54) is 4.31 Å². The fourth-order valence-corrected chi connectivity index (χ4v) is 3.51. The predicted octanol–water partition coefficient (Wildman–Crippen LogP) is 3.57. The minimum absolute atomic E-state index is 0.00840. The second kappa shape index (κ2) is 8.43.